The Labute approximate surface area is 128 Å². The maximum Gasteiger partial charge on any atom is 0.173 e. The Bertz CT molecular complexity index is 452. The van der Waals surface area contributed by atoms with E-state index in [9.17, 15) is 0 Å². The van der Waals surface area contributed by atoms with E-state index in [-0.39, 0.29) is 5.79 Å². The van der Waals surface area contributed by atoms with Crippen LogP contribution in [-0.4, -0.2) is 36.0 Å². The quantitative estimate of drug-likeness (QED) is 0.832. The van der Waals surface area contributed by atoms with Crippen molar-refractivity contribution in [3.63, 3.8) is 0 Å². The molecule has 0 aliphatic carbocycles. The lowest BCUT2D eigenvalue weighted by atomic mass is 9.90. The summed E-state index contributed by atoms with van der Waals surface area (Å²) >= 11 is 0. The minimum absolute atomic E-state index is 0.303. The van der Waals surface area contributed by atoms with Gasteiger partial charge in [0.05, 0.1) is 12.2 Å². The number of ether oxygens (including phenoxy) is 2. The Kier molecular flexibility index (Phi) is 4.34. The Hall–Kier alpha value is -0.900. The van der Waals surface area contributed by atoms with Crippen molar-refractivity contribution in [1.29, 1.82) is 0 Å². The number of benzene rings is 1. The molecule has 3 heteroatoms. The summed E-state index contributed by atoms with van der Waals surface area (Å²) in [5, 5.41) is 0. The highest BCUT2D eigenvalue weighted by Gasteiger charge is 2.47. The van der Waals surface area contributed by atoms with Gasteiger partial charge in [0, 0.05) is 32.0 Å². The van der Waals surface area contributed by atoms with Gasteiger partial charge in [-0.2, -0.15) is 0 Å². The highest BCUT2D eigenvalue weighted by Crippen LogP contribution is 2.39. The van der Waals surface area contributed by atoms with Crippen molar-refractivity contribution in [2.45, 2.75) is 58.2 Å². The van der Waals surface area contributed by atoms with Crippen molar-refractivity contribution >= 4 is 0 Å². The zero-order valence-electron chi connectivity index (χ0n) is 13.4. The first-order chi connectivity index (χ1) is 10.1. The predicted molar refractivity (Wildman–Crippen MR) is 83.9 cm³/mol. The van der Waals surface area contributed by atoms with Gasteiger partial charge >= 0.3 is 0 Å². The molecule has 0 unspecified atom stereocenters. The molecule has 2 heterocycles. The lowest BCUT2D eigenvalue weighted by molar-refractivity contribution is -0.345. The second kappa shape index (κ2) is 6.07. The summed E-state index contributed by atoms with van der Waals surface area (Å²) < 4.78 is 12.5. The molecule has 0 saturated carbocycles. The Morgan fingerprint density at radius 1 is 1.10 bits per heavy atom. The molecule has 0 amide bonds. The van der Waals surface area contributed by atoms with E-state index in [1.165, 1.54) is 5.56 Å². The van der Waals surface area contributed by atoms with Crippen LogP contribution in [0, 0.1) is 5.92 Å². The average molecular weight is 289 g/mol. The fourth-order valence-electron chi connectivity index (χ4n) is 3.79. The predicted octanol–water partition coefficient (Wildman–Crippen LogP) is 3.44. The van der Waals surface area contributed by atoms with Gasteiger partial charge in [0.2, 0.25) is 0 Å². The van der Waals surface area contributed by atoms with Gasteiger partial charge in [0.1, 0.15) is 0 Å². The van der Waals surface area contributed by atoms with E-state index in [1.807, 2.05) is 0 Å². The molecule has 1 aromatic carbocycles. The zero-order chi connectivity index (χ0) is 14.9. The van der Waals surface area contributed by atoms with Crippen molar-refractivity contribution in [1.82, 2.24) is 4.90 Å². The Morgan fingerprint density at radius 3 is 2.38 bits per heavy atom. The van der Waals surface area contributed by atoms with Crippen LogP contribution in [0.25, 0.3) is 0 Å². The highest BCUT2D eigenvalue weighted by atomic mass is 16.7. The third-order valence-electron chi connectivity index (χ3n) is 4.77. The summed E-state index contributed by atoms with van der Waals surface area (Å²) in [6.45, 7) is 9.70. The van der Waals surface area contributed by atoms with Gasteiger partial charge in [-0.3, -0.25) is 4.90 Å². The molecule has 2 aliphatic rings. The molecular weight excluding hydrogens is 262 g/mol. The first-order valence-corrected chi connectivity index (χ1v) is 8.19. The molecule has 3 rings (SSSR count). The fourth-order valence-corrected chi connectivity index (χ4v) is 3.79. The summed E-state index contributed by atoms with van der Waals surface area (Å²) in [5.41, 5.74) is 1.38. The highest BCUT2D eigenvalue weighted by molar-refractivity contribution is 5.14. The van der Waals surface area contributed by atoms with E-state index < -0.39 is 0 Å². The topological polar surface area (TPSA) is 21.7 Å². The molecule has 0 aromatic heterocycles. The number of rotatable bonds is 2. The molecule has 3 nitrogen and oxygen atoms in total. The Morgan fingerprint density at radius 2 is 1.76 bits per heavy atom. The summed E-state index contributed by atoms with van der Waals surface area (Å²) in [7, 11) is 0. The van der Waals surface area contributed by atoms with E-state index in [1.54, 1.807) is 0 Å². The summed E-state index contributed by atoms with van der Waals surface area (Å²) in [4.78, 5) is 2.52. The van der Waals surface area contributed by atoms with Crippen molar-refractivity contribution in [2.24, 2.45) is 5.92 Å². The molecule has 116 valence electrons. The molecule has 2 aliphatic heterocycles. The van der Waals surface area contributed by atoms with Gasteiger partial charge in [0.25, 0.3) is 0 Å². The molecule has 0 bridgehead atoms. The maximum atomic E-state index is 6.25. The molecule has 1 aromatic rings. The molecule has 21 heavy (non-hydrogen) atoms. The summed E-state index contributed by atoms with van der Waals surface area (Å²) in [5.74, 6) is 0.0461. The molecular formula is C18H27NO2. The lowest BCUT2D eigenvalue weighted by Gasteiger charge is -2.51. The van der Waals surface area contributed by atoms with Crippen LogP contribution in [0.5, 0.6) is 0 Å². The number of likely N-dealkylation sites (tertiary alicyclic amines) is 1. The van der Waals surface area contributed by atoms with Crippen LogP contribution in [0.15, 0.2) is 30.3 Å². The normalized spacial score (nSPS) is 37.8. The monoisotopic (exact) mass is 289 g/mol. The third-order valence-corrected chi connectivity index (χ3v) is 4.77. The molecule has 3 atom stereocenters. The number of nitrogens with zero attached hydrogens (tertiary/aromatic N) is 1. The smallest absolute Gasteiger partial charge is 0.173 e. The standard InChI is InChI=1S/C18H27NO2/c1-14-12-19(13-17-7-5-4-6-8-17)10-9-18(14)20-15(2)11-16(3)21-18/h4-8,14-16H,9-13H2,1-3H3/t14-,15-,16-/m0/s1. The minimum Gasteiger partial charge on any atom is -0.346 e. The first-order valence-electron chi connectivity index (χ1n) is 8.19. The number of piperidine rings is 1. The molecule has 2 fully saturated rings. The second-order valence-corrected chi connectivity index (χ2v) is 6.78. The van der Waals surface area contributed by atoms with E-state index in [0.29, 0.717) is 18.1 Å². The van der Waals surface area contributed by atoms with Crippen molar-refractivity contribution < 1.29 is 9.47 Å². The van der Waals surface area contributed by atoms with Gasteiger partial charge in [-0.1, -0.05) is 37.3 Å². The minimum atomic E-state index is -0.357. The largest absolute Gasteiger partial charge is 0.346 e. The van der Waals surface area contributed by atoms with Gasteiger partial charge < -0.3 is 9.47 Å². The van der Waals surface area contributed by atoms with Crippen molar-refractivity contribution in [3.8, 4) is 0 Å². The van der Waals surface area contributed by atoms with Gasteiger partial charge in [-0.25, -0.2) is 0 Å². The van der Waals surface area contributed by atoms with Crippen LogP contribution in [0.4, 0.5) is 0 Å². The average Bonchev–Trinajstić information content (AvgIpc) is 2.43. The van der Waals surface area contributed by atoms with Gasteiger partial charge in [-0.05, 0) is 25.8 Å². The Balaban J connectivity index is 1.64. The first kappa shape index (κ1) is 15.0. The zero-order valence-corrected chi connectivity index (χ0v) is 13.4. The van der Waals surface area contributed by atoms with Crippen molar-refractivity contribution in [3.05, 3.63) is 35.9 Å². The molecule has 0 N–H and O–H groups in total. The SMILES string of the molecule is C[C@H]1C[C@H](C)OC2(CCN(Cc3ccccc3)C[C@@H]2C)O1. The van der Waals surface area contributed by atoms with E-state index in [2.05, 4.69) is 56.0 Å². The maximum absolute atomic E-state index is 6.25. The van der Waals surface area contributed by atoms with E-state index in [0.717, 1.165) is 32.5 Å². The third kappa shape index (κ3) is 3.31. The van der Waals surface area contributed by atoms with Gasteiger partial charge in [0.15, 0.2) is 5.79 Å². The van der Waals surface area contributed by atoms with Crippen LogP contribution in [0.1, 0.15) is 39.2 Å². The van der Waals surface area contributed by atoms with E-state index in [4.69, 9.17) is 9.47 Å². The summed E-state index contributed by atoms with van der Waals surface area (Å²) in [6.07, 6.45) is 2.58. The van der Waals surface area contributed by atoms with Gasteiger partial charge in [-0.15, -0.1) is 0 Å². The number of hydrogen-bond acceptors (Lipinski definition) is 3. The van der Waals surface area contributed by atoms with Crippen LogP contribution in [0.2, 0.25) is 0 Å². The van der Waals surface area contributed by atoms with E-state index >= 15 is 0 Å². The lowest BCUT2D eigenvalue weighted by Crippen LogP contribution is -2.58. The summed E-state index contributed by atoms with van der Waals surface area (Å²) in [6, 6.07) is 10.7. The van der Waals surface area contributed by atoms with Crippen LogP contribution in [0.3, 0.4) is 0 Å². The van der Waals surface area contributed by atoms with Crippen molar-refractivity contribution in [2.75, 3.05) is 13.1 Å². The van der Waals surface area contributed by atoms with Crippen LogP contribution >= 0.6 is 0 Å². The number of hydrogen-bond donors (Lipinski definition) is 0. The van der Waals surface area contributed by atoms with Crippen LogP contribution in [-0.2, 0) is 16.0 Å². The molecule has 1 spiro atoms. The van der Waals surface area contributed by atoms with Crippen LogP contribution < -0.4 is 0 Å². The molecule has 0 radical (unpaired) electrons. The second-order valence-electron chi connectivity index (χ2n) is 6.78. The molecule has 2 saturated heterocycles. The fraction of sp³-hybridized carbons (Fsp3) is 0.667.